The smallest absolute Gasteiger partial charge is 0.247 e. The van der Waals surface area contributed by atoms with E-state index >= 15 is 0 Å². The van der Waals surface area contributed by atoms with E-state index in [0.29, 0.717) is 22.2 Å². The summed E-state index contributed by atoms with van der Waals surface area (Å²) in [5.74, 6) is 0.575. The molecular formula is C31H33ClN6O3. The number of nitrogens with zero attached hydrogens (tertiary/aromatic N) is 5. The Kier molecular flexibility index (Phi) is 8.94. The minimum absolute atomic E-state index is 0.0873. The third-order valence-corrected chi connectivity index (χ3v) is 7.57. The van der Waals surface area contributed by atoms with Crippen molar-refractivity contribution in [1.82, 2.24) is 30.4 Å². The highest BCUT2D eigenvalue weighted by Crippen LogP contribution is 2.28. The van der Waals surface area contributed by atoms with Gasteiger partial charge in [-0.3, -0.25) is 9.59 Å². The first-order valence-electron chi connectivity index (χ1n) is 13.7. The number of carbonyl (C=O) groups excluding carboxylic acids is 2. The summed E-state index contributed by atoms with van der Waals surface area (Å²) in [5.41, 5.74) is 3.44. The molecule has 5 rings (SSSR count). The Balaban J connectivity index is 1.47. The number of aryl methyl sites for hydroxylation is 1. The van der Waals surface area contributed by atoms with E-state index < -0.39 is 6.04 Å². The maximum absolute atomic E-state index is 14.0. The molecular weight excluding hydrogens is 540 g/mol. The summed E-state index contributed by atoms with van der Waals surface area (Å²) in [7, 11) is 1.60. The topological polar surface area (TPSA) is 102 Å². The first-order chi connectivity index (χ1) is 19.9. The van der Waals surface area contributed by atoms with Crippen molar-refractivity contribution >= 4 is 23.4 Å². The Morgan fingerprint density at radius 3 is 2.37 bits per heavy atom. The maximum Gasteiger partial charge on any atom is 0.247 e. The maximum atomic E-state index is 14.0. The summed E-state index contributed by atoms with van der Waals surface area (Å²) in [6.45, 7) is 2.01. The van der Waals surface area contributed by atoms with Gasteiger partial charge in [0.15, 0.2) is 0 Å². The number of amides is 2. The van der Waals surface area contributed by atoms with Crippen molar-refractivity contribution in [2.75, 3.05) is 7.11 Å². The summed E-state index contributed by atoms with van der Waals surface area (Å²) in [5, 5.41) is 16.5. The first-order valence-corrected chi connectivity index (χ1v) is 14.1. The number of rotatable bonds is 10. The van der Waals surface area contributed by atoms with Crippen LogP contribution in [0.25, 0.3) is 11.4 Å². The number of carbonyl (C=O) groups is 2. The monoisotopic (exact) mass is 572 g/mol. The minimum atomic E-state index is -0.887. The van der Waals surface area contributed by atoms with Gasteiger partial charge in [0, 0.05) is 23.2 Å². The third kappa shape index (κ3) is 7.10. The number of benzene rings is 3. The van der Waals surface area contributed by atoms with Crippen LogP contribution in [0, 0.1) is 6.92 Å². The van der Waals surface area contributed by atoms with Crippen molar-refractivity contribution < 1.29 is 14.3 Å². The van der Waals surface area contributed by atoms with Gasteiger partial charge in [0.05, 0.1) is 7.11 Å². The van der Waals surface area contributed by atoms with Gasteiger partial charge in [0.1, 0.15) is 18.3 Å². The number of nitrogens with one attached hydrogen (secondary N) is 1. The van der Waals surface area contributed by atoms with Gasteiger partial charge < -0.3 is 15.0 Å². The lowest BCUT2D eigenvalue weighted by atomic mass is 10.0. The summed E-state index contributed by atoms with van der Waals surface area (Å²) >= 11 is 6.18. The summed E-state index contributed by atoms with van der Waals surface area (Å²) in [6.07, 6.45) is 4.00. The van der Waals surface area contributed by atoms with Crippen LogP contribution in [0.2, 0.25) is 5.02 Å². The Morgan fingerprint density at radius 1 is 1.02 bits per heavy atom. The van der Waals surface area contributed by atoms with Crippen LogP contribution in [0.15, 0.2) is 72.8 Å². The Labute approximate surface area is 244 Å². The van der Waals surface area contributed by atoms with E-state index in [9.17, 15) is 9.59 Å². The molecule has 4 aromatic rings. The van der Waals surface area contributed by atoms with Crippen LogP contribution in [0.1, 0.15) is 48.4 Å². The molecule has 0 aliphatic heterocycles. The second-order valence-corrected chi connectivity index (χ2v) is 10.8. The van der Waals surface area contributed by atoms with Crippen molar-refractivity contribution in [1.29, 1.82) is 0 Å². The van der Waals surface area contributed by atoms with Crippen LogP contribution in [0.5, 0.6) is 5.75 Å². The Morgan fingerprint density at radius 2 is 1.71 bits per heavy atom. The molecule has 1 fully saturated rings. The van der Waals surface area contributed by atoms with Crippen LogP contribution in [0.4, 0.5) is 0 Å². The fourth-order valence-electron chi connectivity index (χ4n) is 5.06. The molecule has 1 aliphatic rings. The SMILES string of the molecule is COc1ccc(CN(C(=O)Cn2nnc(-c3ccc(C)cc3)n2)[C@@H](C(=O)NC2CCCC2)c2ccc(Cl)cc2)cc1. The highest BCUT2D eigenvalue weighted by molar-refractivity contribution is 6.30. The third-order valence-electron chi connectivity index (χ3n) is 7.32. The van der Waals surface area contributed by atoms with E-state index in [1.807, 2.05) is 55.5 Å². The fourth-order valence-corrected chi connectivity index (χ4v) is 5.19. The van der Waals surface area contributed by atoms with E-state index in [4.69, 9.17) is 16.3 Å². The van der Waals surface area contributed by atoms with Crippen LogP contribution < -0.4 is 10.1 Å². The van der Waals surface area contributed by atoms with Crippen molar-refractivity contribution in [3.8, 4) is 17.1 Å². The highest BCUT2D eigenvalue weighted by Gasteiger charge is 2.33. The Hall–Kier alpha value is -4.24. The van der Waals surface area contributed by atoms with Crippen LogP contribution in [-0.4, -0.2) is 50.1 Å². The predicted molar refractivity (Wildman–Crippen MR) is 156 cm³/mol. The number of methoxy groups -OCH3 is 1. The summed E-state index contributed by atoms with van der Waals surface area (Å²) in [6, 6.07) is 21.5. The molecule has 3 aromatic carbocycles. The van der Waals surface area contributed by atoms with Gasteiger partial charge in [-0.2, -0.15) is 4.80 Å². The van der Waals surface area contributed by atoms with Crippen molar-refractivity contribution in [3.05, 3.63) is 94.5 Å². The molecule has 0 unspecified atom stereocenters. The molecule has 0 radical (unpaired) electrons. The fraction of sp³-hybridized carbons (Fsp3) is 0.323. The molecule has 9 nitrogen and oxygen atoms in total. The summed E-state index contributed by atoms with van der Waals surface area (Å²) < 4.78 is 5.30. The van der Waals surface area contributed by atoms with Crippen molar-refractivity contribution in [3.63, 3.8) is 0 Å². The minimum Gasteiger partial charge on any atom is -0.497 e. The number of hydrogen-bond acceptors (Lipinski definition) is 6. The van der Waals surface area contributed by atoms with Gasteiger partial charge >= 0.3 is 0 Å². The molecule has 1 aromatic heterocycles. The summed E-state index contributed by atoms with van der Waals surface area (Å²) in [4.78, 5) is 30.7. The molecule has 1 atom stereocenters. The molecule has 41 heavy (non-hydrogen) atoms. The van der Waals surface area contributed by atoms with Crippen LogP contribution in [-0.2, 0) is 22.7 Å². The molecule has 0 spiro atoms. The van der Waals surface area contributed by atoms with Gasteiger partial charge in [-0.15, -0.1) is 10.2 Å². The van der Waals surface area contributed by atoms with Gasteiger partial charge in [0.2, 0.25) is 17.6 Å². The van der Waals surface area contributed by atoms with E-state index in [0.717, 1.165) is 42.4 Å². The van der Waals surface area contributed by atoms with Crippen LogP contribution in [0.3, 0.4) is 0 Å². The van der Waals surface area contributed by atoms with E-state index in [1.165, 1.54) is 4.80 Å². The molecule has 212 valence electrons. The van der Waals surface area contributed by atoms with Gasteiger partial charge in [-0.25, -0.2) is 0 Å². The molecule has 10 heteroatoms. The molecule has 2 amide bonds. The van der Waals surface area contributed by atoms with Crippen molar-refractivity contribution in [2.24, 2.45) is 0 Å². The van der Waals surface area contributed by atoms with Crippen molar-refractivity contribution in [2.45, 2.75) is 57.8 Å². The lowest BCUT2D eigenvalue weighted by Gasteiger charge is -2.32. The second-order valence-electron chi connectivity index (χ2n) is 10.3. The zero-order chi connectivity index (χ0) is 28.8. The molecule has 1 aliphatic carbocycles. The quantitative estimate of drug-likeness (QED) is 0.282. The van der Waals surface area contributed by atoms with Gasteiger partial charge in [-0.05, 0) is 60.4 Å². The number of halogens is 1. The zero-order valence-electron chi connectivity index (χ0n) is 23.2. The lowest BCUT2D eigenvalue weighted by Crippen LogP contribution is -2.46. The highest BCUT2D eigenvalue weighted by atomic mass is 35.5. The second kappa shape index (κ2) is 13.0. The largest absolute Gasteiger partial charge is 0.497 e. The average molecular weight is 573 g/mol. The number of aromatic nitrogens is 4. The lowest BCUT2D eigenvalue weighted by molar-refractivity contribution is -0.142. The number of tetrazole rings is 1. The Bertz CT molecular complexity index is 1470. The predicted octanol–water partition coefficient (Wildman–Crippen LogP) is 5.14. The van der Waals surface area contributed by atoms with Gasteiger partial charge in [-0.1, -0.05) is 78.5 Å². The average Bonchev–Trinajstić information content (AvgIpc) is 3.67. The zero-order valence-corrected chi connectivity index (χ0v) is 23.9. The molecule has 1 N–H and O–H groups in total. The van der Waals surface area contributed by atoms with Crippen LogP contribution >= 0.6 is 11.6 Å². The molecule has 0 saturated heterocycles. The molecule has 0 bridgehead atoms. The van der Waals surface area contributed by atoms with E-state index in [2.05, 4.69) is 20.7 Å². The number of ether oxygens (including phenoxy) is 1. The van der Waals surface area contributed by atoms with E-state index in [-0.39, 0.29) is 30.9 Å². The molecule has 1 saturated carbocycles. The molecule has 1 heterocycles. The van der Waals surface area contributed by atoms with Gasteiger partial charge in [0.25, 0.3) is 0 Å². The van der Waals surface area contributed by atoms with E-state index in [1.54, 1.807) is 36.3 Å². The first kappa shape index (κ1) is 28.3. The normalized spacial score (nSPS) is 14.0. The standard InChI is InChI=1S/C31H33ClN6O3/c1-21-7-11-24(12-8-21)30-34-36-38(35-30)20-28(39)37(19-22-9-17-27(41-2)18-10-22)29(23-13-15-25(32)16-14-23)31(40)33-26-5-3-4-6-26/h7-18,26,29H,3-6,19-20H2,1-2H3,(H,33,40)/t29-/m1/s1. The number of hydrogen-bond donors (Lipinski definition) is 1.